The molecule has 0 saturated carbocycles. The van der Waals surface area contributed by atoms with Gasteiger partial charge in [0.15, 0.2) is 5.96 Å². The van der Waals surface area contributed by atoms with Crippen molar-refractivity contribution in [3.63, 3.8) is 0 Å². The van der Waals surface area contributed by atoms with Crippen LogP contribution in [0.4, 0.5) is 8.78 Å². The lowest BCUT2D eigenvalue weighted by molar-refractivity contribution is 0.462. The molecular formula is C17H21ClF2N4. The Balaban J connectivity index is 1.91. The zero-order valence-electron chi connectivity index (χ0n) is 14.0. The molecule has 2 rings (SSSR count). The largest absolute Gasteiger partial charge is 0.356 e. The van der Waals surface area contributed by atoms with Gasteiger partial charge in [0.05, 0.1) is 11.6 Å². The molecule has 0 aliphatic heterocycles. The molecule has 7 heteroatoms. The lowest BCUT2D eigenvalue weighted by Gasteiger charge is -2.22. The second-order valence-electron chi connectivity index (χ2n) is 5.58. The Hall–Kier alpha value is -2.08. The number of hydrogen-bond donors (Lipinski definition) is 1. The molecule has 0 bridgehead atoms. The zero-order chi connectivity index (χ0) is 17.7. The van der Waals surface area contributed by atoms with E-state index in [4.69, 9.17) is 11.6 Å². The molecule has 130 valence electrons. The van der Waals surface area contributed by atoms with Crippen LogP contribution in [-0.2, 0) is 20.0 Å². The van der Waals surface area contributed by atoms with Crippen LogP contribution in [0.2, 0.25) is 5.02 Å². The minimum Gasteiger partial charge on any atom is -0.356 e. The fourth-order valence-electron chi connectivity index (χ4n) is 2.46. The molecule has 0 atom stereocenters. The van der Waals surface area contributed by atoms with E-state index in [0.29, 0.717) is 36.1 Å². The van der Waals surface area contributed by atoms with E-state index in [2.05, 4.69) is 10.3 Å². The number of benzene rings is 1. The lowest BCUT2D eigenvalue weighted by atomic mass is 10.1. The standard InChI is InChI=1S/C17H21ClF2N4/c1-21-17(24(3)11-15-8-13(18)10-23(15)2)22-7-6-12-4-5-14(19)9-16(12)20/h4-5,8-10H,6-7,11H2,1-3H3,(H,21,22). The highest BCUT2D eigenvalue weighted by molar-refractivity contribution is 6.30. The van der Waals surface area contributed by atoms with Crippen molar-refractivity contribution in [2.45, 2.75) is 13.0 Å². The molecule has 1 heterocycles. The zero-order valence-corrected chi connectivity index (χ0v) is 14.7. The summed E-state index contributed by atoms with van der Waals surface area (Å²) in [6.45, 7) is 1.13. The minimum atomic E-state index is -0.569. The van der Waals surface area contributed by atoms with Gasteiger partial charge >= 0.3 is 0 Å². The summed E-state index contributed by atoms with van der Waals surface area (Å²) in [4.78, 5) is 6.17. The van der Waals surface area contributed by atoms with Crippen LogP contribution in [0, 0.1) is 11.6 Å². The van der Waals surface area contributed by atoms with E-state index in [1.54, 1.807) is 7.05 Å². The quantitative estimate of drug-likeness (QED) is 0.660. The molecule has 1 aromatic heterocycles. The first-order chi connectivity index (χ1) is 11.4. The maximum Gasteiger partial charge on any atom is 0.193 e. The maximum atomic E-state index is 13.6. The van der Waals surface area contributed by atoms with Gasteiger partial charge < -0.3 is 14.8 Å². The van der Waals surface area contributed by atoms with Crippen LogP contribution in [0.1, 0.15) is 11.3 Å². The SMILES string of the molecule is CN=C(NCCc1ccc(F)cc1F)N(C)Cc1cc(Cl)cn1C. The second-order valence-corrected chi connectivity index (χ2v) is 6.01. The molecule has 0 aliphatic carbocycles. The van der Waals surface area contributed by atoms with Crippen LogP contribution in [0.15, 0.2) is 35.5 Å². The Labute approximate surface area is 145 Å². The average molecular weight is 355 g/mol. The summed E-state index contributed by atoms with van der Waals surface area (Å²) in [5.74, 6) is -0.408. The van der Waals surface area contributed by atoms with Crippen LogP contribution < -0.4 is 5.32 Å². The van der Waals surface area contributed by atoms with E-state index >= 15 is 0 Å². The van der Waals surface area contributed by atoms with Gasteiger partial charge in [0.2, 0.25) is 0 Å². The van der Waals surface area contributed by atoms with E-state index in [9.17, 15) is 8.78 Å². The third-order valence-corrected chi connectivity index (χ3v) is 3.95. The van der Waals surface area contributed by atoms with Gasteiger partial charge in [0.25, 0.3) is 0 Å². The predicted octanol–water partition coefficient (Wildman–Crippen LogP) is 3.21. The fourth-order valence-corrected chi connectivity index (χ4v) is 2.73. The Morgan fingerprint density at radius 3 is 2.67 bits per heavy atom. The summed E-state index contributed by atoms with van der Waals surface area (Å²) in [6.07, 6.45) is 2.28. The second kappa shape index (κ2) is 8.15. The van der Waals surface area contributed by atoms with Gasteiger partial charge in [0.1, 0.15) is 11.6 Å². The van der Waals surface area contributed by atoms with Crippen molar-refractivity contribution in [2.75, 3.05) is 20.6 Å². The van der Waals surface area contributed by atoms with Crippen LogP contribution in [0.25, 0.3) is 0 Å². The molecule has 1 aromatic carbocycles. The first kappa shape index (κ1) is 18.3. The highest BCUT2D eigenvalue weighted by atomic mass is 35.5. The third-order valence-electron chi connectivity index (χ3n) is 3.74. The molecule has 24 heavy (non-hydrogen) atoms. The summed E-state index contributed by atoms with van der Waals surface area (Å²) in [6, 6.07) is 5.53. The number of aliphatic imine (C=N–C) groups is 1. The van der Waals surface area contributed by atoms with Crippen molar-refractivity contribution in [1.82, 2.24) is 14.8 Å². The number of aryl methyl sites for hydroxylation is 1. The normalized spacial score (nSPS) is 11.7. The van der Waals surface area contributed by atoms with E-state index in [-0.39, 0.29) is 0 Å². The van der Waals surface area contributed by atoms with Gasteiger partial charge in [-0.1, -0.05) is 17.7 Å². The highest BCUT2D eigenvalue weighted by Crippen LogP contribution is 2.14. The summed E-state index contributed by atoms with van der Waals surface area (Å²) >= 11 is 5.99. The number of aromatic nitrogens is 1. The Kier molecular flexibility index (Phi) is 6.20. The molecule has 0 amide bonds. The van der Waals surface area contributed by atoms with Crippen molar-refractivity contribution >= 4 is 17.6 Å². The maximum absolute atomic E-state index is 13.6. The molecule has 0 aliphatic rings. The Morgan fingerprint density at radius 1 is 1.33 bits per heavy atom. The fraction of sp³-hybridized carbons (Fsp3) is 0.353. The monoisotopic (exact) mass is 354 g/mol. The molecule has 0 unspecified atom stereocenters. The van der Waals surface area contributed by atoms with Gasteiger partial charge in [-0.15, -0.1) is 0 Å². The first-order valence-electron chi connectivity index (χ1n) is 7.57. The van der Waals surface area contributed by atoms with Crippen LogP contribution in [0.3, 0.4) is 0 Å². The molecular weight excluding hydrogens is 334 g/mol. The molecule has 0 spiro atoms. The van der Waals surface area contributed by atoms with E-state index in [0.717, 1.165) is 11.8 Å². The molecule has 0 fully saturated rings. The summed E-state index contributed by atoms with van der Waals surface area (Å²) in [7, 11) is 5.53. The van der Waals surface area contributed by atoms with Gasteiger partial charge in [0, 0.05) is 45.6 Å². The molecule has 0 saturated heterocycles. The summed E-state index contributed by atoms with van der Waals surface area (Å²) in [5.41, 5.74) is 1.52. The Morgan fingerprint density at radius 2 is 2.08 bits per heavy atom. The predicted molar refractivity (Wildman–Crippen MR) is 93.3 cm³/mol. The summed E-state index contributed by atoms with van der Waals surface area (Å²) in [5, 5.41) is 3.87. The van der Waals surface area contributed by atoms with E-state index in [1.165, 1.54) is 12.1 Å². The Bertz CT molecular complexity index is 727. The third kappa shape index (κ3) is 4.71. The molecule has 0 radical (unpaired) electrons. The molecule has 4 nitrogen and oxygen atoms in total. The first-order valence-corrected chi connectivity index (χ1v) is 7.95. The number of hydrogen-bond acceptors (Lipinski definition) is 1. The molecule has 1 N–H and O–H groups in total. The number of halogens is 3. The number of nitrogens with one attached hydrogen (secondary N) is 1. The van der Waals surface area contributed by atoms with E-state index in [1.807, 2.05) is 35.8 Å². The highest BCUT2D eigenvalue weighted by Gasteiger charge is 2.10. The van der Waals surface area contributed by atoms with Crippen molar-refractivity contribution in [1.29, 1.82) is 0 Å². The average Bonchev–Trinajstić information content (AvgIpc) is 2.83. The van der Waals surface area contributed by atoms with Crippen molar-refractivity contribution in [3.05, 3.63) is 58.4 Å². The van der Waals surface area contributed by atoms with Crippen LogP contribution in [0.5, 0.6) is 0 Å². The van der Waals surface area contributed by atoms with Gasteiger partial charge in [-0.3, -0.25) is 4.99 Å². The molecule has 2 aromatic rings. The van der Waals surface area contributed by atoms with E-state index < -0.39 is 11.6 Å². The van der Waals surface area contributed by atoms with Gasteiger partial charge in [-0.25, -0.2) is 8.78 Å². The summed E-state index contributed by atoms with van der Waals surface area (Å²) < 4.78 is 28.5. The lowest BCUT2D eigenvalue weighted by Crippen LogP contribution is -2.39. The van der Waals surface area contributed by atoms with Crippen molar-refractivity contribution < 1.29 is 8.78 Å². The number of guanidine groups is 1. The van der Waals surface area contributed by atoms with Gasteiger partial charge in [-0.2, -0.15) is 0 Å². The minimum absolute atomic E-state index is 0.439. The smallest absolute Gasteiger partial charge is 0.193 e. The van der Waals surface area contributed by atoms with Crippen LogP contribution >= 0.6 is 11.6 Å². The number of rotatable bonds is 5. The number of nitrogens with zero attached hydrogens (tertiary/aromatic N) is 3. The topological polar surface area (TPSA) is 32.6 Å². The van der Waals surface area contributed by atoms with Crippen molar-refractivity contribution in [2.24, 2.45) is 12.0 Å². The van der Waals surface area contributed by atoms with Gasteiger partial charge in [-0.05, 0) is 24.1 Å². The van der Waals surface area contributed by atoms with Crippen molar-refractivity contribution in [3.8, 4) is 0 Å². The van der Waals surface area contributed by atoms with Crippen LogP contribution in [-0.4, -0.2) is 36.1 Å².